The van der Waals surface area contributed by atoms with E-state index in [1.54, 1.807) is 12.1 Å². The molecule has 26 heavy (non-hydrogen) atoms. The van der Waals surface area contributed by atoms with Crippen molar-refractivity contribution in [1.29, 1.82) is 0 Å². The van der Waals surface area contributed by atoms with Crippen LogP contribution in [0.2, 0.25) is 0 Å². The summed E-state index contributed by atoms with van der Waals surface area (Å²) in [4.78, 5) is 4.24. The molecule has 0 bridgehead atoms. The lowest BCUT2D eigenvalue weighted by Gasteiger charge is -2.09. The first kappa shape index (κ1) is 17.5. The highest BCUT2D eigenvalue weighted by molar-refractivity contribution is 5.77. The molecule has 0 saturated heterocycles. The van der Waals surface area contributed by atoms with Crippen LogP contribution in [-0.4, -0.2) is 21.1 Å². The number of nitrogen functional groups attached to an aromatic ring is 1. The van der Waals surface area contributed by atoms with Crippen LogP contribution in [0.3, 0.4) is 0 Å². The zero-order chi connectivity index (χ0) is 18.7. The molecular weight excluding hydrogens is 345 g/mol. The Morgan fingerprint density at radius 2 is 1.73 bits per heavy atom. The number of benzene rings is 2. The number of alkyl halides is 3. The van der Waals surface area contributed by atoms with Crippen molar-refractivity contribution in [3.05, 3.63) is 66.2 Å². The van der Waals surface area contributed by atoms with Gasteiger partial charge in [0.25, 0.3) is 0 Å². The van der Waals surface area contributed by atoms with Crippen LogP contribution in [0.5, 0.6) is 5.75 Å². The Hall–Kier alpha value is -3.29. The van der Waals surface area contributed by atoms with E-state index in [4.69, 9.17) is 5.73 Å². The molecule has 0 aliphatic carbocycles. The second-order valence-corrected chi connectivity index (χ2v) is 5.55. The summed E-state index contributed by atoms with van der Waals surface area (Å²) in [5.74, 6) is 0.221. The average molecular weight is 360 g/mol. The van der Waals surface area contributed by atoms with Crippen molar-refractivity contribution >= 4 is 17.3 Å². The number of halogens is 3. The fraction of sp³-hybridized carbons (Fsp3) is 0.111. The molecule has 0 saturated carbocycles. The molecule has 5 nitrogen and oxygen atoms in total. The standard InChI is InChI=1S/C18H15F3N4O/c1-12(10-13-2-4-14(22)5-3-13)17-23-11-25(24-17)15-6-8-16(9-7-15)26-18(19,20)21/h2-11H,22H2,1H3/b12-10+. The number of allylic oxidation sites excluding steroid dienone is 1. The zero-order valence-electron chi connectivity index (χ0n) is 13.7. The summed E-state index contributed by atoms with van der Waals surface area (Å²) in [6, 6.07) is 12.8. The van der Waals surface area contributed by atoms with Gasteiger partial charge >= 0.3 is 6.36 Å². The molecule has 8 heteroatoms. The summed E-state index contributed by atoms with van der Waals surface area (Å²) in [7, 11) is 0. The molecule has 0 spiro atoms. The van der Waals surface area contributed by atoms with E-state index < -0.39 is 6.36 Å². The number of nitrogens with two attached hydrogens (primary N) is 1. The zero-order valence-corrected chi connectivity index (χ0v) is 13.7. The Balaban J connectivity index is 1.78. The van der Waals surface area contributed by atoms with Crippen molar-refractivity contribution < 1.29 is 17.9 Å². The number of hydrogen-bond donors (Lipinski definition) is 1. The van der Waals surface area contributed by atoms with Crippen LogP contribution in [0, 0.1) is 0 Å². The number of anilines is 1. The fourth-order valence-electron chi connectivity index (χ4n) is 2.28. The topological polar surface area (TPSA) is 66.0 Å². The van der Waals surface area contributed by atoms with E-state index >= 15 is 0 Å². The molecule has 2 aromatic carbocycles. The molecule has 3 rings (SSSR count). The summed E-state index contributed by atoms with van der Waals surface area (Å²) in [5, 5.41) is 4.35. The number of aromatic nitrogens is 3. The Bertz CT molecular complexity index is 913. The summed E-state index contributed by atoms with van der Waals surface area (Å²) in [5.41, 5.74) is 8.71. The van der Waals surface area contributed by atoms with Gasteiger partial charge in [-0.1, -0.05) is 12.1 Å². The normalized spacial score (nSPS) is 12.2. The molecule has 2 N–H and O–H groups in total. The Labute approximate surface area is 147 Å². The molecule has 1 heterocycles. The van der Waals surface area contributed by atoms with Gasteiger partial charge in [0.2, 0.25) is 0 Å². The van der Waals surface area contributed by atoms with Crippen LogP contribution < -0.4 is 10.5 Å². The van der Waals surface area contributed by atoms with Crippen molar-refractivity contribution in [2.24, 2.45) is 0 Å². The maximum Gasteiger partial charge on any atom is 0.573 e. The largest absolute Gasteiger partial charge is 0.573 e. The summed E-state index contributed by atoms with van der Waals surface area (Å²) >= 11 is 0. The van der Waals surface area contributed by atoms with Crippen molar-refractivity contribution in [3.8, 4) is 11.4 Å². The van der Waals surface area contributed by atoms with Crippen molar-refractivity contribution in [1.82, 2.24) is 14.8 Å². The van der Waals surface area contributed by atoms with Gasteiger partial charge in [-0.15, -0.1) is 18.3 Å². The van der Waals surface area contributed by atoms with E-state index in [0.29, 0.717) is 17.2 Å². The van der Waals surface area contributed by atoms with E-state index in [9.17, 15) is 13.2 Å². The first-order valence-corrected chi connectivity index (χ1v) is 7.62. The van der Waals surface area contributed by atoms with Crippen molar-refractivity contribution in [2.45, 2.75) is 13.3 Å². The molecule has 0 aliphatic heterocycles. The molecule has 0 atom stereocenters. The SMILES string of the molecule is C/C(=C\c1ccc(N)cc1)c1ncn(-c2ccc(OC(F)(F)F)cc2)n1. The van der Waals surface area contributed by atoms with Crippen molar-refractivity contribution in [2.75, 3.05) is 5.73 Å². The third kappa shape index (κ3) is 4.41. The van der Waals surface area contributed by atoms with Crippen molar-refractivity contribution in [3.63, 3.8) is 0 Å². The lowest BCUT2D eigenvalue weighted by Crippen LogP contribution is -2.17. The minimum Gasteiger partial charge on any atom is -0.406 e. The lowest BCUT2D eigenvalue weighted by atomic mass is 10.1. The summed E-state index contributed by atoms with van der Waals surface area (Å²) in [6.07, 6.45) is -1.30. The van der Waals surface area contributed by atoms with Gasteiger partial charge in [-0.25, -0.2) is 9.67 Å². The Morgan fingerprint density at radius 1 is 1.08 bits per heavy atom. The van der Waals surface area contributed by atoms with Gasteiger partial charge in [-0.3, -0.25) is 0 Å². The molecule has 0 amide bonds. The maximum atomic E-state index is 12.2. The molecule has 134 valence electrons. The van der Waals surface area contributed by atoms with Gasteiger partial charge in [0.15, 0.2) is 5.82 Å². The fourth-order valence-corrected chi connectivity index (χ4v) is 2.28. The van der Waals surface area contributed by atoms with E-state index in [0.717, 1.165) is 11.1 Å². The molecule has 0 aliphatic rings. The highest BCUT2D eigenvalue weighted by atomic mass is 19.4. The first-order valence-electron chi connectivity index (χ1n) is 7.62. The molecular formula is C18H15F3N4O. The van der Waals surface area contributed by atoms with Crippen LogP contribution in [0.15, 0.2) is 54.9 Å². The summed E-state index contributed by atoms with van der Waals surface area (Å²) < 4.78 is 41.9. The molecule has 0 unspecified atom stereocenters. The Kier molecular flexibility index (Phi) is 4.66. The van der Waals surface area contributed by atoms with Crippen LogP contribution in [0.4, 0.5) is 18.9 Å². The second kappa shape index (κ2) is 6.91. The van der Waals surface area contributed by atoms with Gasteiger partial charge in [0.05, 0.1) is 5.69 Å². The second-order valence-electron chi connectivity index (χ2n) is 5.55. The molecule has 0 fully saturated rings. The highest BCUT2D eigenvalue weighted by Crippen LogP contribution is 2.23. The minimum absolute atomic E-state index is 0.291. The Morgan fingerprint density at radius 3 is 2.35 bits per heavy atom. The first-order chi connectivity index (χ1) is 12.3. The third-order valence-electron chi connectivity index (χ3n) is 3.50. The maximum absolute atomic E-state index is 12.2. The van der Waals surface area contributed by atoms with Crippen LogP contribution in [0.25, 0.3) is 17.3 Å². The van der Waals surface area contributed by atoms with Gasteiger partial charge in [0, 0.05) is 5.69 Å². The van der Waals surface area contributed by atoms with Crippen LogP contribution in [-0.2, 0) is 0 Å². The van der Waals surface area contributed by atoms with E-state index in [1.807, 2.05) is 25.1 Å². The molecule has 3 aromatic rings. The third-order valence-corrected chi connectivity index (χ3v) is 3.50. The van der Waals surface area contributed by atoms with Gasteiger partial charge in [0.1, 0.15) is 12.1 Å². The van der Waals surface area contributed by atoms with Gasteiger partial charge in [-0.05, 0) is 60.5 Å². The predicted octanol–water partition coefficient (Wildman–Crippen LogP) is 4.31. The van der Waals surface area contributed by atoms with E-state index in [-0.39, 0.29) is 5.75 Å². The van der Waals surface area contributed by atoms with E-state index in [1.165, 1.54) is 35.3 Å². The molecule has 0 radical (unpaired) electrons. The smallest absolute Gasteiger partial charge is 0.406 e. The highest BCUT2D eigenvalue weighted by Gasteiger charge is 2.30. The number of hydrogen-bond acceptors (Lipinski definition) is 4. The number of rotatable bonds is 4. The van der Waals surface area contributed by atoms with Gasteiger partial charge < -0.3 is 10.5 Å². The monoisotopic (exact) mass is 360 g/mol. The number of nitrogens with zero attached hydrogens (tertiary/aromatic N) is 3. The minimum atomic E-state index is -4.72. The van der Waals surface area contributed by atoms with Crippen LogP contribution >= 0.6 is 0 Å². The van der Waals surface area contributed by atoms with Gasteiger partial charge in [-0.2, -0.15) is 0 Å². The van der Waals surface area contributed by atoms with Crippen LogP contribution in [0.1, 0.15) is 18.3 Å². The van der Waals surface area contributed by atoms with E-state index in [2.05, 4.69) is 14.8 Å². The number of ether oxygens (including phenoxy) is 1. The summed E-state index contributed by atoms with van der Waals surface area (Å²) in [6.45, 7) is 1.87. The lowest BCUT2D eigenvalue weighted by molar-refractivity contribution is -0.274. The quantitative estimate of drug-likeness (QED) is 0.704. The molecule has 1 aromatic heterocycles. The predicted molar refractivity (Wildman–Crippen MR) is 92.4 cm³/mol. The average Bonchev–Trinajstić information content (AvgIpc) is 3.06.